The zero-order chi connectivity index (χ0) is 20.1. The summed E-state index contributed by atoms with van der Waals surface area (Å²) in [4.78, 5) is 13.4. The van der Waals surface area contributed by atoms with Crippen LogP contribution in [-0.2, 0) is 11.8 Å². The van der Waals surface area contributed by atoms with Crippen molar-refractivity contribution < 1.29 is 13.4 Å². The molecule has 7 nitrogen and oxygen atoms in total. The second-order valence-electron chi connectivity index (χ2n) is 6.28. The SMILES string of the molecule is Cn1c2ccncc2c2ccc(Nc3cccc(OCCOCCSF)n3)nc21. The van der Waals surface area contributed by atoms with Crippen LogP contribution in [0.2, 0.25) is 0 Å². The van der Waals surface area contributed by atoms with Crippen LogP contribution in [0, 0.1) is 0 Å². The third-order valence-corrected chi connectivity index (χ3v) is 4.73. The van der Waals surface area contributed by atoms with Gasteiger partial charge < -0.3 is 19.4 Å². The molecule has 4 heterocycles. The molecule has 4 rings (SSSR count). The van der Waals surface area contributed by atoms with E-state index in [0.29, 0.717) is 43.1 Å². The number of fused-ring (bicyclic) bond motifs is 3. The van der Waals surface area contributed by atoms with Gasteiger partial charge in [0, 0.05) is 54.2 Å². The first-order valence-electron chi connectivity index (χ1n) is 9.13. The van der Waals surface area contributed by atoms with Crippen molar-refractivity contribution in [1.82, 2.24) is 19.5 Å². The molecular weight excluding hydrogens is 393 g/mol. The van der Waals surface area contributed by atoms with Crippen LogP contribution in [0.5, 0.6) is 5.88 Å². The number of pyridine rings is 3. The molecule has 0 saturated carbocycles. The van der Waals surface area contributed by atoms with Gasteiger partial charge in [0.2, 0.25) is 5.88 Å². The van der Waals surface area contributed by atoms with E-state index in [0.717, 1.165) is 21.9 Å². The van der Waals surface area contributed by atoms with Crippen LogP contribution in [0.4, 0.5) is 15.5 Å². The number of nitrogens with one attached hydrogen (secondary N) is 1. The van der Waals surface area contributed by atoms with Gasteiger partial charge in [-0.3, -0.25) is 4.98 Å². The first kappa shape index (κ1) is 19.4. The number of hydrogen-bond donors (Lipinski definition) is 1. The van der Waals surface area contributed by atoms with Gasteiger partial charge in [0.25, 0.3) is 0 Å². The van der Waals surface area contributed by atoms with Crippen LogP contribution < -0.4 is 10.1 Å². The van der Waals surface area contributed by atoms with Gasteiger partial charge in [-0.15, -0.1) is 0 Å². The third-order valence-electron chi connectivity index (χ3n) is 4.40. The number of aromatic nitrogens is 4. The maximum atomic E-state index is 11.9. The second kappa shape index (κ2) is 9.06. The molecule has 150 valence electrons. The van der Waals surface area contributed by atoms with Crippen LogP contribution in [0.1, 0.15) is 0 Å². The van der Waals surface area contributed by atoms with Crippen LogP contribution in [0.15, 0.2) is 48.8 Å². The molecule has 1 N–H and O–H groups in total. The molecule has 0 aromatic carbocycles. The van der Waals surface area contributed by atoms with Crippen molar-refractivity contribution in [3.05, 3.63) is 48.8 Å². The predicted molar refractivity (Wildman–Crippen MR) is 113 cm³/mol. The summed E-state index contributed by atoms with van der Waals surface area (Å²) >= 11 is 0.264. The van der Waals surface area contributed by atoms with Crippen molar-refractivity contribution >= 4 is 45.7 Å². The number of halogens is 1. The molecule has 4 aromatic heterocycles. The zero-order valence-corrected chi connectivity index (χ0v) is 16.7. The molecule has 0 fully saturated rings. The van der Waals surface area contributed by atoms with Gasteiger partial charge in [-0.05, 0) is 24.3 Å². The van der Waals surface area contributed by atoms with Crippen molar-refractivity contribution in [2.75, 3.05) is 30.9 Å². The first-order chi connectivity index (χ1) is 14.3. The topological polar surface area (TPSA) is 74.1 Å². The largest absolute Gasteiger partial charge is 0.475 e. The van der Waals surface area contributed by atoms with E-state index in [-0.39, 0.29) is 12.1 Å². The molecule has 0 spiro atoms. The highest BCUT2D eigenvalue weighted by atomic mass is 32.2. The van der Waals surface area contributed by atoms with Crippen LogP contribution >= 0.6 is 12.1 Å². The van der Waals surface area contributed by atoms with E-state index in [1.54, 1.807) is 12.3 Å². The van der Waals surface area contributed by atoms with Gasteiger partial charge in [0.05, 0.1) is 18.7 Å². The summed E-state index contributed by atoms with van der Waals surface area (Å²) in [6, 6.07) is 11.4. The Kier molecular flexibility index (Phi) is 6.06. The summed E-state index contributed by atoms with van der Waals surface area (Å²) in [6.07, 6.45) is 3.63. The minimum atomic E-state index is 0.264. The molecule has 0 atom stereocenters. The van der Waals surface area contributed by atoms with Crippen molar-refractivity contribution in [2.45, 2.75) is 0 Å². The van der Waals surface area contributed by atoms with E-state index >= 15 is 0 Å². The van der Waals surface area contributed by atoms with Crippen molar-refractivity contribution in [3.63, 3.8) is 0 Å². The van der Waals surface area contributed by atoms with Gasteiger partial charge in [-0.2, -0.15) is 8.87 Å². The number of anilines is 2. The van der Waals surface area contributed by atoms with Gasteiger partial charge in [-0.1, -0.05) is 6.07 Å². The molecule has 0 aliphatic heterocycles. The average Bonchev–Trinajstić information content (AvgIpc) is 3.03. The number of ether oxygens (including phenoxy) is 2. The van der Waals surface area contributed by atoms with Crippen molar-refractivity contribution in [3.8, 4) is 5.88 Å². The van der Waals surface area contributed by atoms with Gasteiger partial charge in [-0.25, -0.2) is 4.98 Å². The lowest BCUT2D eigenvalue weighted by Crippen LogP contribution is -2.09. The Labute approximate surface area is 171 Å². The maximum absolute atomic E-state index is 11.9. The minimum absolute atomic E-state index is 0.264. The molecule has 0 aliphatic rings. The van der Waals surface area contributed by atoms with Gasteiger partial charge >= 0.3 is 0 Å². The zero-order valence-electron chi connectivity index (χ0n) is 15.8. The Bertz CT molecular complexity index is 1120. The number of hydrogen-bond acceptors (Lipinski definition) is 7. The Morgan fingerprint density at radius 3 is 2.83 bits per heavy atom. The van der Waals surface area contributed by atoms with E-state index in [9.17, 15) is 3.89 Å². The number of aryl methyl sites for hydroxylation is 1. The third kappa shape index (κ3) is 4.41. The molecule has 9 heteroatoms. The second-order valence-corrected chi connectivity index (χ2v) is 6.91. The van der Waals surface area contributed by atoms with Gasteiger partial charge in [0.15, 0.2) is 0 Å². The molecule has 0 bridgehead atoms. The summed E-state index contributed by atoms with van der Waals surface area (Å²) in [5.41, 5.74) is 1.95. The van der Waals surface area contributed by atoms with E-state index in [4.69, 9.17) is 14.5 Å². The fourth-order valence-electron chi connectivity index (χ4n) is 3.08. The fourth-order valence-corrected chi connectivity index (χ4v) is 3.26. The Morgan fingerprint density at radius 2 is 1.93 bits per heavy atom. The summed E-state index contributed by atoms with van der Waals surface area (Å²) in [6.45, 7) is 1.09. The predicted octanol–water partition coefficient (Wildman–Crippen LogP) is 4.27. The van der Waals surface area contributed by atoms with Gasteiger partial charge in [0.1, 0.15) is 23.9 Å². The summed E-state index contributed by atoms with van der Waals surface area (Å²) in [5, 5.41) is 5.35. The van der Waals surface area contributed by atoms with Crippen LogP contribution in [0.3, 0.4) is 0 Å². The lowest BCUT2D eigenvalue weighted by atomic mass is 10.2. The first-order valence-corrected chi connectivity index (χ1v) is 10.0. The van der Waals surface area contributed by atoms with E-state index in [1.807, 2.05) is 48.1 Å². The van der Waals surface area contributed by atoms with E-state index in [1.165, 1.54) is 0 Å². The molecule has 4 aromatic rings. The molecule has 0 aliphatic carbocycles. The smallest absolute Gasteiger partial charge is 0.215 e. The highest BCUT2D eigenvalue weighted by Crippen LogP contribution is 2.27. The van der Waals surface area contributed by atoms with Crippen molar-refractivity contribution in [2.24, 2.45) is 7.05 Å². The monoisotopic (exact) mass is 413 g/mol. The minimum Gasteiger partial charge on any atom is -0.475 e. The van der Waals surface area contributed by atoms with Crippen molar-refractivity contribution in [1.29, 1.82) is 0 Å². The molecular formula is C20H20FN5O2S. The summed E-state index contributed by atoms with van der Waals surface area (Å²) in [7, 11) is 1.99. The Hall–Kier alpha value is -2.91. The molecule has 0 radical (unpaired) electrons. The Morgan fingerprint density at radius 1 is 1.03 bits per heavy atom. The normalized spacial score (nSPS) is 11.2. The molecule has 0 amide bonds. The van der Waals surface area contributed by atoms with Crippen LogP contribution in [0.25, 0.3) is 21.9 Å². The lowest BCUT2D eigenvalue weighted by Gasteiger charge is -2.09. The quantitative estimate of drug-likeness (QED) is 0.411. The summed E-state index contributed by atoms with van der Waals surface area (Å²) < 4.78 is 24.8. The molecule has 0 unspecified atom stereocenters. The standard InChI is InChI=1S/C20H20FN5O2S/c1-26-16-7-8-22-13-15(16)14-5-6-18(25-20(14)26)23-17-3-2-4-19(24-17)28-10-9-27-11-12-29-21/h2-8,13H,9-12H2,1H3,(H,23,24,25). The summed E-state index contributed by atoms with van der Waals surface area (Å²) in [5.74, 6) is 2.12. The van der Waals surface area contributed by atoms with Crippen LogP contribution in [-0.4, -0.2) is 45.1 Å². The highest BCUT2D eigenvalue weighted by Gasteiger charge is 2.10. The molecule has 29 heavy (non-hydrogen) atoms. The lowest BCUT2D eigenvalue weighted by molar-refractivity contribution is 0.110. The maximum Gasteiger partial charge on any atom is 0.215 e. The Balaban J connectivity index is 1.46. The number of nitrogens with zero attached hydrogens (tertiary/aromatic N) is 4. The fraction of sp³-hybridized carbons (Fsp3) is 0.250. The average molecular weight is 413 g/mol. The highest BCUT2D eigenvalue weighted by molar-refractivity contribution is 7.94. The number of rotatable bonds is 9. The van der Waals surface area contributed by atoms with E-state index in [2.05, 4.69) is 15.3 Å². The van der Waals surface area contributed by atoms with E-state index < -0.39 is 0 Å². The molecule has 0 saturated heterocycles.